The van der Waals surface area contributed by atoms with E-state index in [1.54, 1.807) is 6.07 Å². The van der Waals surface area contributed by atoms with Crippen LogP contribution in [0.4, 0.5) is 5.82 Å². The molecule has 2 heteroatoms. The summed E-state index contributed by atoms with van der Waals surface area (Å²) in [5.74, 6) is 0.455. The van der Waals surface area contributed by atoms with E-state index in [9.17, 15) is 0 Å². The van der Waals surface area contributed by atoms with Gasteiger partial charge in [-0.05, 0) is 25.1 Å². The number of benzene rings is 1. The highest BCUT2D eigenvalue weighted by Gasteiger charge is 1.99. The molecule has 1 aromatic heterocycles. The van der Waals surface area contributed by atoms with E-state index >= 15 is 0 Å². The minimum Gasteiger partial charge on any atom is -0.361 e. The lowest BCUT2D eigenvalue weighted by Gasteiger charge is -1.95. The number of aromatic nitrogens is 1. The van der Waals surface area contributed by atoms with E-state index < -0.39 is 0 Å². The molecule has 62 valence electrons. The SMILES string of the molecule is [C-]#[N+]c1ccc2cc(C)ccc2n1. The third-order valence-electron chi connectivity index (χ3n) is 1.94. The molecular formula is C11H8N2. The van der Waals surface area contributed by atoms with Crippen LogP contribution in [0.1, 0.15) is 5.56 Å². The van der Waals surface area contributed by atoms with Gasteiger partial charge in [-0.2, -0.15) is 0 Å². The molecule has 0 N–H and O–H groups in total. The number of rotatable bonds is 0. The van der Waals surface area contributed by atoms with Gasteiger partial charge in [-0.3, -0.25) is 0 Å². The molecule has 1 heterocycles. The van der Waals surface area contributed by atoms with Crippen molar-refractivity contribution in [2.24, 2.45) is 0 Å². The summed E-state index contributed by atoms with van der Waals surface area (Å²) in [5.41, 5.74) is 2.10. The van der Waals surface area contributed by atoms with E-state index in [1.807, 2.05) is 25.1 Å². The van der Waals surface area contributed by atoms with E-state index in [2.05, 4.69) is 15.9 Å². The zero-order valence-electron chi connectivity index (χ0n) is 7.28. The largest absolute Gasteiger partial charge is 0.361 e. The first kappa shape index (κ1) is 7.75. The highest BCUT2D eigenvalue weighted by molar-refractivity contribution is 5.80. The summed E-state index contributed by atoms with van der Waals surface area (Å²) in [5, 5.41) is 1.09. The lowest BCUT2D eigenvalue weighted by molar-refractivity contribution is 1.41. The van der Waals surface area contributed by atoms with Gasteiger partial charge in [0.05, 0.1) is 0 Å². The van der Waals surface area contributed by atoms with Crippen molar-refractivity contribution in [3.63, 3.8) is 0 Å². The lowest BCUT2D eigenvalue weighted by Crippen LogP contribution is -1.79. The molecule has 2 aromatic rings. The van der Waals surface area contributed by atoms with Gasteiger partial charge in [-0.1, -0.05) is 24.3 Å². The quantitative estimate of drug-likeness (QED) is 0.552. The molecule has 13 heavy (non-hydrogen) atoms. The fraction of sp³-hybridized carbons (Fsp3) is 0.0909. The predicted octanol–water partition coefficient (Wildman–Crippen LogP) is 3.09. The molecule has 0 fully saturated rings. The standard InChI is InChI=1S/C11H8N2/c1-8-3-5-10-9(7-8)4-6-11(12-2)13-10/h3-7H,1H3. The van der Waals surface area contributed by atoms with Crippen LogP contribution in [-0.4, -0.2) is 4.98 Å². The van der Waals surface area contributed by atoms with E-state index in [4.69, 9.17) is 6.57 Å². The maximum absolute atomic E-state index is 6.82. The van der Waals surface area contributed by atoms with Crippen molar-refractivity contribution in [3.05, 3.63) is 47.3 Å². The maximum atomic E-state index is 6.82. The molecule has 1 aromatic carbocycles. The Morgan fingerprint density at radius 2 is 2.08 bits per heavy atom. The van der Waals surface area contributed by atoms with E-state index in [0.717, 1.165) is 10.9 Å². The second kappa shape index (κ2) is 2.87. The molecule has 0 aliphatic heterocycles. The molecule has 0 radical (unpaired) electrons. The highest BCUT2D eigenvalue weighted by atomic mass is 14.9. The van der Waals surface area contributed by atoms with Gasteiger partial charge in [0.1, 0.15) is 0 Å². The molecule has 0 saturated carbocycles. The first-order valence-corrected chi connectivity index (χ1v) is 4.04. The van der Waals surface area contributed by atoms with Crippen LogP contribution in [0.25, 0.3) is 15.7 Å². The first-order chi connectivity index (χ1) is 6.29. The van der Waals surface area contributed by atoms with Gasteiger partial charge in [0.25, 0.3) is 5.82 Å². The summed E-state index contributed by atoms with van der Waals surface area (Å²) in [7, 11) is 0. The Hall–Kier alpha value is -1.88. The van der Waals surface area contributed by atoms with E-state index in [0.29, 0.717) is 5.82 Å². The molecule has 0 atom stereocenters. The van der Waals surface area contributed by atoms with E-state index in [1.165, 1.54) is 5.56 Å². The summed E-state index contributed by atoms with van der Waals surface area (Å²) < 4.78 is 0. The van der Waals surface area contributed by atoms with Crippen LogP contribution in [0.5, 0.6) is 0 Å². The molecule has 2 nitrogen and oxygen atoms in total. The van der Waals surface area contributed by atoms with Crippen molar-refractivity contribution in [2.45, 2.75) is 6.92 Å². The van der Waals surface area contributed by atoms with Gasteiger partial charge in [0.15, 0.2) is 5.52 Å². The normalized spacial score (nSPS) is 9.85. The molecule has 0 aliphatic rings. The molecular weight excluding hydrogens is 160 g/mol. The maximum Gasteiger partial charge on any atom is 0.270 e. The molecule has 0 unspecified atom stereocenters. The smallest absolute Gasteiger partial charge is 0.270 e. The molecule has 0 amide bonds. The highest BCUT2D eigenvalue weighted by Crippen LogP contribution is 2.17. The average Bonchev–Trinajstić information content (AvgIpc) is 2.17. The zero-order valence-corrected chi connectivity index (χ0v) is 7.28. The van der Waals surface area contributed by atoms with Gasteiger partial charge in [0.2, 0.25) is 0 Å². The number of hydrogen-bond acceptors (Lipinski definition) is 1. The van der Waals surface area contributed by atoms with Gasteiger partial charge in [-0.15, -0.1) is 4.98 Å². The fourth-order valence-electron chi connectivity index (χ4n) is 1.30. The summed E-state index contributed by atoms with van der Waals surface area (Å²) in [6.07, 6.45) is 0. The number of pyridine rings is 1. The third kappa shape index (κ3) is 1.36. The average molecular weight is 168 g/mol. The first-order valence-electron chi connectivity index (χ1n) is 4.04. The van der Waals surface area contributed by atoms with Gasteiger partial charge >= 0.3 is 0 Å². The Bertz CT molecular complexity index is 495. The predicted molar refractivity (Wildman–Crippen MR) is 52.7 cm³/mol. The summed E-state index contributed by atoms with van der Waals surface area (Å²) in [4.78, 5) is 7.46. The van der Waals surface area contributed by atoms with Crippen LogP contribution < -0.4 is 0 Å². The molecule has 0 bridgehead atoms. The molecule has 2 rings (SSSR count). The lowest BCUT2D eigenvalue weighted by atomic mass is 10.1. The third-order valence-corrected chi connectivity index (χ3v) is 1.94. The Kier molecular flexibility index (Phi) is 1.71. The monoisotopic (exact) mass is 168 g/mol. The van der Waals surface area contributed by atoms with E-state index in [-0.39, 0.29) is 0 Å². The topological polar surface area (TPSA) is 17.2 Å². The zero-order chi connectivity index (χ0) is 9.26. The Balaban J connectivity index is 2.75. The number of hydrogen-bond donors (Lipinski definition) is 0. The summed E-state index contributed by atoms with van der Waals surface area (Å²) in [6, 6.07) is 9.69. The number of aryl methyl sites for hydroxylation is 1. The summed E-state index contributed by atoms with van der Waals surface area (Å²) in [6.45, 7) is 8.87. The van der Waals surface area contributed by atoms with Gasteiger partial charge in [0, 0.05) is 5.39 Å². The number of fused-ring (bicyclic) bond motifs is 1. The van der Waals surface area contributed by atoms with Crippen LogP contribution in [0.2, 0.25) is 0 Å². The minimum absolute atomic E-state index is 0.455. The fourth-order valence-corrected chi connectivity index (χ4v) is 1.30. The minimum atomic E-state index is 0.455. The molecule has 0 aliphatic carbocycles. The molecule has 0 saturated heterocycles. The Morgan fingerprint density at radius 3 is 2.85 bits per heavy atom. The Morgan fingerprint density at radius 1 is 1.23 bits per heavy atom. The van der Waals surface area contributed by atoms with Crippen LogP contribution in [0, 0.1) is 13.5 Å². The molecule has 0 spiro atoms. The van der Waals surface area contributed by atoms with Crippen molar-refractivity contribution in [1.82, 2.24) is 4.98 Å². The van der Waals surface area contributed by atoms with Crippen LogP contribution in [0.3, 0.4) is 0 Å². The second-order valence-corrected chi connectivity index (χ2v) is 2.98. The summed E-state index contributed by atoms with van der Waals surface area (Å²) >= 11 is 0. The van der Waals surface area contributed by atoms with Crippen molar-refractivity contribution < 1.29 is 0 Å². The van der Waals surface area contributed by atoms with Crippen molar-refractivity contribution in [1.29, 1.82) is 0 Å². The van der Waals surface area contributed by atoms with Crippen LogP contribution in [0.15, 0.2) is 30.3 Å². The van der Waals surface area contributed by atoms with Crippen molar-refractivity contribution >= 4 is 16.7 Å². The van der Waals surface area contributed by atoms with Gasteiger partial charge < -0.3 is 4.85 Å². The number of nitrogens with zero attached hydrogens (tertiary/aromatic N) is 2. The second-order valence-electron chi connectivity index (χ2n) is 2.98. The van der Waals surface area contributed by atoms with Crippen molar-refractivity contribution in [3.8, 4) is 0 Å². The van der Waals surface area contributed by atoms with Crippen LogP contribution >= 0.6 is 0 Å². The van der Waals surface area contributed by atoms with Crippen molar-refractivity contribution in [2.75, 3.05) is 0 Å². The van der Waals surface area contributed by atoms with Gasteiger partial charge in [-0.25, -0.2) is 0 Å². The van der Waals surface area contributed by atoms with Crippen LogP contribution in [-0.2, 0) is 0 Å². The Labute approximate surface area is 76.7 Å².